The minimum Gasteiger partial charge on any atom is -0.321 e. The van der Waals surface area contributed by atoms with Gasteiger partial charge in [-0.25, -0.2) is 23.1 Å². The lowest BCUT2D eigenvalue weighted by molar-refractivity contribution is 0.103. The molecule has 0 saturated heterocycles. The van der Waals surface area contributed by atoms with E-state index in [0.29, 0.717) is 16.5 Å². The number of thiophene rings is 1. The van der Waals surface area contributed by atoms with Gasteiger partial charge in [-0.05, 0) is 70.4 Å². The Labute approximate surface area is 180 Å². The van der Waals surface area contributed by atoms with Gasteiger partial charge in [0.15, 0.2) is 0 Å². The van der Waals surface area contributed by atoms with E-state index in [-0.39, 0.29) is 16.8 Å². The second-order valence-electron chi connectivity index (χ2n) is 7.93. The Hall–Kier alpha value is -2.36. The maximum absolute atomic E-state index is 12.9. The van der Waals surface area contributed by atoms with E-state index in [1.54, 1.807) is 26.0 Å². The Morgan fingerprint density at radius 2 is 1.80 bits per heavy atom. The second kappa shape index (κ2) is 7.72. The van der Waals surface area contributed by atoms with Crippen LogP contribution in [0.2, 0.25) is 0 Å². The Morgan fingerprint density at radius 3 is 2.40 bits per heavy atom. The molecule has 0 radical (unpaired) electrons. The average molecular weight is 445 g/mol. The third-order valence-electron chi connectivity index (χ3n) is 4.95. The molecule has 1 fully saturated rings. The van der Waals surface area contributed by atoms with E-state index in [0.717, 1.165) is 40.1 Å². The smallest absolute Gasteiger partial charge is 0.266 e. The fourth-order valence-electron chi connectivity index (χ4n) is 3.38. The fourth-order valence-corrected chi connectivity index (χ4v) is 5.77. The van der Waals surface area contributed by atoms with Crippen LogP contribution in [0.3, 0.4) is 0 Å². The number of sulfonamides is 1. The van der Waals surface area contributed by atoms with Crippen molar-refractivity contribution in [1.82, 2.24) is 14.7 Å². The topological polar surface area (TPSA) is 101 Å². The van der Waals surface area contributed by atoms with Crippen molar-refractivity contribution in [3.05, 3.63) is 46.2 Å². The highest BCUT2D eigenvalue weighted by atomic mass is 32.2. The molecule has 1 saturated carbocycles. The third kappa shape index (κ3) is 4.10. The van der Waals surface area contributed by atoms with Gasteiger partial charge in [0.05, 0.1) is 15.5 Å². The molecule has 30 heavy (non-hydrogen) atoms. The van der Waals surface area contributed by atoms with E-state index in [9.17, 15) is 13.2 Å². The molecule has 1 aliphatic carbocycles. The van der Waals surface area contributed by atoms with Crippen molar-refractivity contribution in [3.63, 3.8) is 0 Å². The minimum absolute atomic E-state index is 0.158. The minimum atomic E-state index is -3.57. The fraction of sp³-hybridized carbons (Fsp3) is 0.381. The van der Waals surface area contributed by atoms with E-state index < -0.39 is 10.0 Å². The maximum Gasteiger partial charge on any atom is 0.266 e. The zero-order valence-electron chi connectivity index (χ0n) is 17.3. The molecule has 1 amide bonds. The van der Waals surface area contributed by atoms with Crippen LogP contribution in [0.15, 0.2) is 29.2 Å². The van der Waals surface area contributed by atoms with E-state index in [4.69, 9.17) is 0 Å². The molecule has 0 aliphatic heterocycles. The van der Waals surface area contributed by atoms with Crippen LogP contribution in [0.25, 0.3) is 10.2 Å². The maximum atomic E-state index is 12.9. The Bertz CT molecular complexity index is 1230. The highest BCUT2D eigenvalue weighted by molar-refractivity contribution is 7.89. The molecule has 2 heterocycles. The number of aromatic nitrogens is 2. The van der Waals surface area contributed by atoms with Crippen LogP contribution in [0.4, 0.5) is 5.69 Å². The number of rotatable bonds is 6. The summed E-state index contributed by atoms with van der Waals surface area (Å²) in [7, 11) is -3.57. The van der Waals surface area contributed by atoms with Gasteiger partial charge in [0.25, 0.3) is 5.91 Å². The third-order valence-corrected chi connectivity index (χ3v) is 7.81. The molecular weight excluding hydrogens is 420 g/mol. The summed E-state index contributed by atoms with van der Waals surface area (Å²) in [6.07, 6.45) is 2.25. The molecule has 0 spiro atoms. The van der Waals surface area contributed by atoms with Gasteiger partial charge in [-0.1, -0.05) is 0 Å². The highest BCUT2D eigenvalue weighted by Gasteiger charge is 2.28. The molecule has 2 aromatic heterocycles. The lowest BCUT2D eigenvalue weighted by Gasteiger charge is -2.10. The summed E-state index contributed by atoms with van der Waals surface area (Å²) >= 11 is 1.37. The number of hydrogen-bond acceptors (Lipinski definition) is 6. The largest absolute Gasteiger partial charge is 0.321 e. The standard InChI is InChI=1S/C21H24N4O3S2/c1-11(2)25-30(27,28)16-9-7-15(8-10-16)23-20(26)18-12(3)17-13(4)22-19(14-5-6-14)24-21(17)29-18/h7-11,14,25H,5-6H2,1-4H3,(H,23,26). The van der Waals surface area contributed by atoms with E-state index in [1.165, 1.54) is 23.5 Å². The van der Waals surface area contributed by atoms with Crippen LogP contribution in [0.5, 0.6) is 0 Å². The van der Waals surface area contributed by atoms with Gasteiger partial charge in [0.1, 0.15) is 10.7 Å². The predicted octanol–water partition coefficient (Wildman–Crippen LogP) is 4.12. The van der Waals surface area contributed by atoms with Crippen LogP contribution in [0, 0.1) is 13.8 Å². The first-order valence-electron chi connectivity index (χ1n) is 9.87. The van der Waals surface area contributed by atoms with Crippen LogP contribution in [-0.2, 0) is 10.0 Å². The van der Waals surface area contributed by atoms with E-state index >= 15 is 0 Å². The summed E-state index contributed by atoms with van der Waals surface area (Å²) in [5.41, 5.74) is 2.30. The van der Waals surface area contributed by atoms with Crippen LogP contribution < -0.4 is 10.0 Å². The summed E-state index contributed by atoms with van der Waals surface area (Å²) in [4.78, 5) is 23.8. The molecule has 1 aliphatic rings. The molecule has 2 N–H and O–H groups in total. The molecule has 4 rings (SSSR count). The first-order valence-corrected chi connectivity index (χ1v) is 12.2. The van der Waals surface area contributed by atoms with Crippen molar-refractivity contribution in [2.75, 3.05) is 5.32 Å². The number of carbonyl (C=O) groups excluding carboxylic acids is 1. The van der Waals surface area contributed by atoms with Gasteiger partial charge in [-0.15, -0.1) is 11.3 Å². The highest BCUT2D eigenvalue weighted by Crippen LogP contribution is 2.40. The molecular formula is C21H24N4O3S2. The molecule has 9 heteroatoms. The van der Waals surface area contributed by atoms with Gasteiger partial charge < -0.3 is 5.32 Å². The summed E-state index contributed by atoms with van der Waals surface area (Å²) < 4.78 is 27.0. The predicted molar refractivity (Wildman–Crippen MR) is 119 cm³/mol. The summed E-state index contributed by atoms with van der Waals surface area (Å²) in [6.45, 7) is 7.40. The molecule has 3 aromatic rings. The normalized spacial score (nSPS) is 14.4. The molecule has 0 unspecified atom stereocenters. The summed E-state index contributed by atoms with van der Waals surface area (Å²) in [5, 5.41) is 3.80. The number of nitrogens with zero attached hydrogens (tertiary/aromatic N) is 2. The van der Waals surface area contributed by atoms with Crippen molar-refractivity contribution < 1.29 is 13.2 Å². The lowest BCUT2D eigenvalue weighted by atomic mass is 10.1. The van der Waals surface area contributed by atoms with Gasteiger partial charge in [-0.2, -0.15) is 0 Å². The zero-order chi connectivity index (χ0) is 21.6. The Morgan fingerprint density at radius 1 is 1.13 bits per heavy atom. The summed E-state index contributed by atoms with van der Waals surface area (Å²) in [6, 6.07) is 5.94. The number of fused-ring (bicyclic) bond motifs is 1. The van der Waals surface area contributed by atoms with Crippen molar-refractivity contribution >= 4 is 43.2 Å². The molecule has 0 bridgehead atoms. The van der Waals surface area contributed by atoms with E-state index in [1.807, 2.05) is 13.8 Å². The lowest BCUT2D eigenvalue weighted by Crippen LogP contribution is -2.30. The Balaban J connectivity index is 1.57. The number of nitrogens with one attached hydrogen (secondary N) is 2. The number of carbonyl (C=O) groups is 1. The zero-order valence-corrected chi connectivity index (χ0v) is 18.9. The van der Waals surface area contributed by atoms with Crippen molar-refractivity contribution in [2.24, 2.45) is 0 Å². The van der Waals surface area contributed by atoms with Crippen molar-refractivity contribution in [1.29, 1.82) is 0 Å². The van der Waals surface area contributed by atoms with Crippen LogP contribution in [-0.4, -0.2) is 30.3 Å². The van der Waals surface area contributed by atoms with Crippen LogP contribution >= 0.6 is 11.3 Å². The number of aryl methyl sites for hydroxylation is 2. The molecule has 158 valence electrons. The SMILES string of the molecule is Cc1nc(C2CC2)nc2sc(C(=O)Nc3ccc(S(=O)(=O)NC(C)C)cc3)c(C)c12. The van der Waals surface area contributed by atoms with Gasteiger partial charge in [-0.3, -0.25) is 4.79 Å². The average Bonchev–Trinajstić information content (AvgIpc) is 3.45. The van der Waals surface area contributed by atoms with Crippen LogP contribution in [0.1, 0.15) is 59.4 Å². The molecule has 7 nitrogen and oxygen atoms in total. The number of hydrogen-bond donors (Lipinski definition) is 2. The number of amides is 1. The van der Waals surface area contributed by atoms with Gasteiger partial charge in [0, 0.05) is 23.0 Å². The summed E-state index contributed by atoms with van der Waals surface area (Å²) in [5.74, 6) is 1.09. The van der Waals surface area contributed by atoms with Crippen molar-refractivity contribution in [3.8, 4) is 0 Å². The number of benzene rings is 1. The molecule has 0 atom stereocenters. The molecule has 1 aromatic carbocycles. The monoisotopic (exact) mass is 444 g/mol. The first kappa shape index (κ1) is 20.9. The van der Waals surface area contributed by atoms with Gasteiger partial charge in [0.2, 0.25) is 10.0 Å². The Kier molecular flexibility index (Phi) is 5.37. The quantitative estimate of drug-likeness (QED) is 0.595. The first-order chi connectivity index (χ1) is 14.2. The van der Waals surface area contributed by atoms with Gasteiger partial charge >= 0.3 is 0 Å². The second-order valence-corrected chi connectivity index (χ2v) is 10.6. The van der Waals surface area contributed by atoms with E-state index in [2.05, 4.69) is 20.0 Å². The number of anilines is 1. The van der Waals surface area contributed by atoms with Crippen molar-refractivity contribution in [2.45, 2.75) is 57.4 Å².